The number of hydrogen-bond acceptors (Lipinski definition) is 4. The van der Waals surface area contributed by atoms with Crippen LogP contribution in [0.3, 0.4) is 0 Å². The van der Waals surface area contributed by atoms with Gasteiger partial charge in [0.2, 0.25) is 0 Å². The van der Waals surface area contributed by atoms with E-state index in [1.54, 1.807) is 0 Å². The number of carboxylic acid groups (broad SMARTS) is 2. The lowest BCUT2D eigenvalue weighted by atomic mass is 9.96. The number of amides is 1. The summed E-state index contributed by atoms with van der Waals surface area (Å²) in [5, 5.41) is 19.3. The molecule has 0 unspecified atom stereocenters. The number of benzene rings is 1. The van der Waals surface area contributed by atoms with Gasteiger partial charge in [-0.2, -0.15) is 0 Å². The van der Waals surface area contributed by atoms with E-state index in [2.05, 4.69) is 0 Å². The Bertz CT molecular complexity index is 537. The van der Waals surface area contributed by atoms with E-state index in [0.29, 0.717) is 17.5 Å². The standard InChI is InChI=1S/C12H11NO5/c14-10(15)6-13-4-3-7-5-8(12(17)18)1-2-9(7)11(13)16/h1-2,5H,3-4,6H2,(H,14,15)(H,17,18)/p-1. The van der Waals surface area contributed by atoms with Gasteiger partial charge >= 0.3 is 5.97 Å². The summed E-state index contributed by atoms with van der Waals surface area (Å²) in [4.78, 5) is 34.4. The molecule has 1 aliphatic rings. The molecule has 0 saturated heterocycles. The summed E-state index contributed by atoms with van der Waals surface area (Å²) in [5.74, 6) is -2.77. The first-order valence-corrected chi connectivity index (χ1v) is 5.34. The van der Waals surface area contributed by atoms with Crippen molar-refractivity contribution in [2.45, 2.75) is 6.42 Å². The molecule has 0 spiro atoms. The maximum Gasteiger partial charge on any atom is 0.335 e. The first-order chi connectivity index (χ1) is 8.49. The van der Waals surface area contributed by atoms with Crippen molar-refractivity contribution in [3.05, 3.63) is 34.9 Å². The zero-order valence-corrected chi connectivity index (χ0v) is 9.38. The molecule has 0 fully saturated rings. The number of aromatic carboxylic acids is 1. The number of hydrogen-bond donors (Lipinski definition) is 1. The third kappa shape index (κ3) is 2.17. The van der Waals surface area contributed by atoms with E-state index in [0.717, 1.165) is 0 Å². The molecule has 1 aromatic rings. The fourth-order valence-corrected chi connectivity index (χ4v) is 1.98. The fraction of sp³-hybridized carbons (Fsp3) is 0.250. The van der Waals surface area contributed by atoms with E-state index in [9.17, 15) is 19.5 Å². The first-order valence-electron chi connectivity index (χ1n) is 5.34. The molecular weight excluding hydrogens is 238 g/mol. The Labute approximate surface area is 102 Å². The Morgan fingerprint density at radius 3 is 2.72 bits per heavy atom. The predicted octanol–water partition coefficient (Wildman–Crippen LogP) is -0.867. The van der Waals surface area contributed by atoms with Crippen LogP contribution < -0.4 is 5.11 Å². The molecule has 2 rings (SSSR count). The Morgan fingerprint density at radius 2 is 2.11 bits per heavy atom. The Kier molecular flexibility index (Phi) is 3.01. The molecule has 0 saturated carbocycles. The van der Waals surface area contributed by atoms with E-state index >= 15 is 0 Å². The Morgan fingerprint density at radius 1 is 1.39 bits per heavy atom. The molecule has 1 aromatic carbocycles. The molecule has 1 aliphatic heterocycles. The maximum atomic E-state index is 11.9. The predicted molar refractivity (Wildman–Crippen MR) is 58.0 cm³/mol. The number of nitrogens with zero attached hydrogens (tertiary/aromatic N) is 1. The van der Waals surface area contributed by atoms with E-state index < -0.39 is 24.4 Å². The van der Waals surface area contributed by atoms with Crippen LogP contribution >= 0.6 is 0 Å². The molecule has 0 aromatic heterocycles. The number of fused-ring (bicyclic) bond motifs is 1. The van der Waals surface area contributed by atoms with Crippen molar-refractivity contribution >= 4 is 17.8 Å². The fourth-order valence-electron chi connectivity index (χ4n) is 1.98. The molecule has 1 N–H and O–H groups in total. The SMILES string of the molecule is O=C([O-])CN1CCc2cc(C(=O)O)ccc2C1=O. The summed E-state index contributed by atoms with van der Waals surface area (Å²) in [6, 6.07) is 4.20. The molecule has 0 aliphatic carbocycles. The summed E-state index contributed by atoms with van der Waals surface area (Å²) in [7, 11) is 0. The van der Waals surface area contributed by atoms with Crippen LogP contribution in [0.15, 0.2) is 18.2 Å². The van der Waals surface area contributed by atoms with Gasteiger partial charge in [0.05, 0.1) is 18.1 Å². The molecule has 0 bridgehead atoms. The van der Waals surface area contributed by atoms with Crippen molar-refractivity contribution in [1.82, 2.24) is 4.90 Å². The summed E-state index contributed by atoms with van der Waals surface area (Å²) in [6.45, 7) is -0.193. The highest BCUT2D eigenvalue weighted by Crippen LogP contribution is 2.20. The number of carboxylic acids is 2. The lowest BCUT2D eigenvalue weighted by molar-refractivity contribution is -0.305. The molecule has 6 nitrogen and oxygen atoms in total. The van der Waals surface area contributed by atoms with Crippen molar-refractivity contribution in [1.29, 1.82) is 0 Å². The summed E-state index contributed by atoms with van der Waals surface area (Å²) in [5.41, 5.74) is 1.11. The summed E-state index contributed by atoms with van der Waals surface area (Å²) in [6.07, 6.45) is 0.440. The molecule has 18 heavy (non-hydrogen) atoms. The molecule has 1 heterocycles. The number of aliphatic carboxylic acids is 1. The van der Waals surface area contributed by atoms with Gasteiger partial charge in [-0.3, -0.25) is 4.79 Å². The van der Waals surface area contributed by atoms with Gasteiger partial charge in [0.15, 0.2) is 0 Å². The summed E-state index contributed by atoms with van der Waals surface area (Å²) < 4.78 is 0. The van der Waals surface area contributed by atoms with Gasteiger partial charge in [0.1, 0.15) is 0 Å². The highest BCUT2D eigenvalue weighted by Gasteiger charge is 2.24. The van der Waals surface area contributed by atoms with Gasteiger partial charge in [0, 0.05) is 12.1 Å². The lowest BCUT2D eigenvalue weighted by Crippen LogP contribution is -2.44. The molecule has 94 valence electrons. The molecule has 6 heteroatoms. The van der Waals surface area contributed by atoms with Crippen LogP contribution in [0.4, 0.5) is 0 Å². The van der Waals surface area contributed by atoms with E-state index in [1.807, 2.05) is 0 Å². The van der Waals surface area contributed by atoms with Crippen molar-refractivity contribution in [2.24, 2.45) is 0 Å². The topological polar surface area (TPSA) is 97.7 Å². The zero-order chi connectivity index (χ0) is 13.3. The lowest BCUT2D eigenvalue weighted by Gasteiger charge is -2.28. The van der Waals surface area contributed by atoms with Gasteiger partial charge in [-0.05, 0) is 30.2 Å². The molecule has 0 atom stereocenters. The third-order valence-corrected chi connectivity index (χ3v) is 2.84. The van der Waals surface area contributed by atoms with Crippen LogP contribution in [-0.2, 0) is 11.2 Å². The minimum Gasteiger partial charge on any atom is -0.548 e. The Balaban J connectivity index is 2.31. The van der Waals surface area contributed by atoms with Crippen molar-refractivity contribution < 1.29 is 24.6 Å². The van der Waals surface area contributed by atoms with Crippen LogP contribution in [-0.4, -0.2) is 40.9 Å². The minimum absolute atomic E-state index is 0.120. The van der Waals surface area contributed by atoms with Crippen LogP contribution in [0.2, 0.25) is 0 Å². The van der Waals surface area contributed by atoms with Gasteiger partial charge < -0.3 is 19.9 Å². The van der Waals surface area contributed by atoms with Crippen LogP contribution in [0.25, 0.3) is 0 Å². The number of rotatable bonds is 3. The average molecular weight is 248 g/mol. The Hall–Kier alpha value is -2.37. The smallest absolute Gasteiger partial charge is 0.335 e. The first kappa shape index (κ1) is 12.1. The largest absolute Gasteiger partial charge is 0.548 e. The van der Waals surface area contributed by atoms with Gasteiger partial charge in [-0.25, -0.2) is 4.79 Å². The highest BCUT2D eigenvalue weighted by atomic mass is 16.4. The van der Waals surface area contributed by atoms with Crippen LogP contribution in [0.1, 0.15) is 26.3 Å². The van der Waals surface area contributed by atoms with E-state index in [1.165, 1.54) is 23.1 Å². The quantitative estimate of drug-likeness (QED) is 0.750. The third-order valence-electron chi connectivity index (χ3n) is 2.84. The molecular formula is C12H10NO5-. The molecule has 0 radical (unpaired) electrons. The molecule has 1 amide bonds. The van der Waals surface area contributed by atoms with Crippen LogP contribution in [0, 0.1) is 0 Å². The van der Waals surface area contributed by atoms with E-state index in [-0.39, 0.29) is 12.1 Å². The van der Waals surface area contributed by atoms with E-state index in [4.69, 9.17) is 5.11 Å². The van der Waals surface area contributed by atoms with Crippen LogP contribution in [0.5, 0.6) is 0 Å². The van der Waals surface area contributed by atoms with Crippen molar-refractivity contribution in [3.63, 3.8) is 0 Å². The number of carbonyl (C=O) groups is 3. The second-order valence-electron chi connectivity index (χ2n) is 4.03. The monoisotopic (exact) mass is 248 g/mol. The van der Waals surface area contributed by atoms with Gasteiger partial charge in [-0.15, -0.1) is 0 Å². The maximum absolute atomic E-state index is 11.9. The minimum atomic E-state index is -1.31. The van der Waals surface area contributed by atoms with Gasteiger partial charge in [0.25, 0.3) is 5.91 Å². The average Bonchev–Trinajstić information content (AvgIpc) is 2.32. The normalized spacial score (nSPS) is 14.2. The highest BCUT2D eigenvalue weighted by molar-refractivity contribution is 5.99. The van der Waals surface area contributed by atoms with Gasteiger partial charge in [-0.1, -0.05) is 0 Å². The zero-order valence-electron chi connectivity index (χ0n) is 9.38. The second-order valence-corrected chi connectivity index (χ2v) is 4.03. The summed E-state index contributed by atoms with van der Waals surface area (Å²) >= 11 is 0. The number of carbonyl (C=O) groups excluding carboxylic acids is 2. The second kappa shape index (κ2) is 4.48. The van der Waals surface area contributed by atoms with Crippen molar-refractivity contribution in [2.75, 3.05) is 13.1 Å². The van der Waals surface area contributed by atoms with Crippen molar-refractivity contribution in [3.8, 4) is 0 Å².